The molecule has 3 heterocycles. The summed E-state index contributed by atoms with van der Waals surface area (Å²) in [6.45, 7) is 4.82. The second kappa shape index (κ2) is 6.24. The molecule has 0 aliphatic carbocycles. The zero-order valence-electron chi connectivity index (χ0n) is 13.4. The van der Waals surface area contributed by atoms with E-state index in [1.54, 1.807) is 0 Å². The van der Waals surface area contributed by atoms with E-state index in [1.807, 2.05) is 0 Å². The van der Waals surface area contributed by atoms with E-state index in [9.17, 15) is 9.18 Å². The lowest BCUT2D eigenvalue weighted by Crippen LogP contribution is -2.35. The number of rotatable bonds is 2. The first-order valence-electron chi connectivity index (χ1n) is 7.99. The Morgan fingerprint density at radius 2 is 2.22 bits per heavy atom. The Kier molecular flexibility index (Phi) is 4.47. The van der Waals surface area contributed by atoms with Crippen LogP contribution in [0, 0.1) is 5.82 Å². The van der Waals surface area contributed by atoms with Crippen molar-refractivity contribution in [1.29, 1.82) is 0 Å². The predicted molar refractivity (Wildman–Crippen MR) is 93.3 cm³/mol. The van der Waals surface area contributed by atoms with Crippen LogP contribution in [0.2, 0.25) is 30.3 Å². The molecule has 0 aromatic carbocycles. The average molecular weight is 354 g/mol. The number of fused-ring (bicyclic) bond motifs is 1. The van der Waals surface area contributed by atoms with E-state index < -0.39 is 13.9 Å². The lowest BCUT2D eigenvalue weighted by Gasteiger charge is -2.19. The Morgan fingerprint density at radius 1 is 1.43 bits per heavy atom. The van der Waals surface area contributed by atoms with Gasteiger partial charge in [0, 0.05) is 19.5 Å². The van der Waals surface area contributed by atoms with Crippen LogP contribution in [0.4, 0.5) is 4.39 Å². The smallest absolute Gasteiger partial charge is 0.267 e. The highest BCUT2D eigenvalue weighted by Gasteiger charge is 2.27. The third kappa shape index (κ3) is 3.58. The fraction of sp³-hybridized carbons (Fsp3) is 0.500. The number of nitrogens with one attached hydrogen (secondary N) is 2. The van der Waals surface area contributed by atoms with Gasteiger partial charge in [-0.05, 0) is 18.9 Å². The Balaban J connectivity index is 1.75. The lowest BCUT2D eigenvalue weighted by molar-refractivity contribution is 0.0930. The van der Waals surface area contributed by atoms with Crippen molar-refractivity contribution < 1.29 is 9.18 Å². The molecule has 1 fully saturated rings. The number of carbonyl (C=O) groups excluding carboxylic acids is 1. The van der Waals surface area contributed by atoms with E-state index in [4.69, 9.17) is 11.6 Å². The van der Waals surface area contributed by atoms with Gasteiger partial charge in [-0.15, -0.1) is 0 Å². The Morgan fingerprint density at radius 3 is 3.00 bits per heavy atom. The van der Waals surface area contributed by atoms with E-state index >= 15 is 0 Å². The molecule has 1 aliphatic rings. The van der Waals surface area contributed by atoms with Crippen molar-refractivity contribution in [1.82, 2.24) is 15.3 Å². The van der Waals surface area contributed by atoms with Crippen LogP contribution in [0.25, 0.3) is 10.9 Å². The van der Waals surface area contributed by atoms with Gasteiger partial charge in [0.25, 0.3) is 5.91 Å². The lowest BCUT2D eigenvalue weighted by atomic mass is 10.1. The normalized spacial score (nSPS) is 21.1. The first kappa shape index (κ1) is 16.5. The molecular weight excluding hydrogens is 333 g/mol. The van der Waals surface area contributed by atoms with Gasteiger partial charge >= 0.3 is 0 Å². The predicted octanol–water partition coefficient (Wildman–Crippen LogP) is 4.35. The monoisotopic (exact) mass is 353 g/mol. The van der Waals surface area contributed by atoms with E-state index in [1.165, 1.54) is 30.8 Å². The molecule has 1 aliphatic heterocycles. The fourth-order valence-electron chi connectivity index (χ4n) is 3.23. The molecule has 1 saturated heterocycles. The molecule has 2 aromatic heterocycles. The first-order valence-corrected chi connectivity index (χ1v) is 11.8. The molecule has 1 atom stereocenters. The largest absolute Gasteiger partial charge is 0.349 e. The summed E-state index contributed by atoms with van der Waals surface area (Å²) in [6, 6.07) is 4.26. The number of H-pyrrole nitrogens is 1. The summed E-state index contributed by atoms with van der Waals surface area (Å²) in [7, 11) is -1.08. The SMILES string of the molecule is C[Si]1(C)CCCC(NC(=O)c2cc3c(F)c(Cl)ncc3[nH]2)CC1. The zero-order valence-corrected chi connectivity index (χ0v) is 15.1. The number of hydrogen-bond acceptors (Lipinski definition) is 2. The van der Waals surface area contributed by atoms with E-state index in [-0.39, 0.29) is 17.1 Å². The maximum atomic E-state index is 13.9. The van der Waals surface area contributed by atoms with E-state index in [0.717, 1.165) is 12.8 Å². The quantitative estimate of drug-likeness (QED) is 0.623. The van der Waals surface area contributed by atoms with Crippen LogP contribution in [0.1, 0.15) is 29.8 Å². The van der Waals surface area contributed by atoms with Crippen molar-refractivity contribution in [3.05, 3.63) is 28.9 Å². The Bertz CT molecular complexity index is 746. The van der Waals surface area contributed by atoms with Crippen molar-refractivity contribution in [2.45, 2.75) is 50.5 Å². The number of amides is 1. The molecule has 3 rings (SSSR count). The van der Waals surface area contributed by atoms with Crippen LogP contribution in [0.3, 0.4) is 0 Å². The number of nitrogens with zero attached hydrogens (tertiary/aromatic N) is 1. The molecule has 124 valence electrons. The van der Waals surface area contributed by atoms with Gasteiger partial charge in [-0.3, -0.25) is 4.79 Å². The number of carbonyl (C=O) groups is 1. The van der Waals surface area contributed by atoms with Gasteiger partial charge in [0.2, 0.25) is 0 Å². The third-order valence-electron chi connectivity index (χ3n) is 4.73. The van der Waals surface area contributed by atoms with Crippen LogP contribution >= 0.6 is 11.6 Å². The molecule has 0 spiro atoms. The van der Waals surface area contributed by atoms with E-state index in [2.05, 4.69) is 28.4 Å². The highest BCUT2D eigenvalue weighted by atomic mass is 35.5. The van der Waals surface area contributed by atoms with Crippen LogP contribution in [-0.2, 0) is 0 Å². The summed E-state index contributed by atoms with van der Waals surface area (Å²) in [5.41, 5.74) is 0.829. The first-order chi connectivity index (χ1) is 10.9. The molecule has 2 aromatic rings. The van der Waals surface area contributed by atoms with Gasteiger partial charge < -0.3 is 10.3 Å². The van der Waals surface area contributed by atoms with Crippen LogP contribution < -0.4 is 5.32 Å². The second-order valence-electron chi connectivity index (χ2n) is 7.14. The number of aromatic nitrogens is 2. The van der Waals surface area contributed by atoms with Crippen molar-refractivity contribution >= 4 is 36.5 Å². The summed E-state index contributed by atoms with van der Waals surface area (Å²) in [5, 5.41) is 3.20. The third-order valence-corrected chi connectivity index (χ3v) is 8.34. The molecular formula is C16H21ClFN3OSi. The summed E-state index contributed by atoms with van der Waals surface area (Å²) in [5.74, 6) is -0.787. The summed E-state index contributed by atoms with van der Waals surface area (Å²) >= 11 is 5.68. The molecule has 1 unspecified atom stereocenters. The van der Waals surface area contributed by atoms with Crippen LogP contribution in [-0.4, -0.2) is 30.0 Å². The minimum atomic E-state index is -1.08. The Hall–Kier alpha value is -1.40. The minimum Gasteiger partial charge on any atom is -0.349 e. The van der Waals surface area contributed by atoms with Gasteiger partial charge in [-0.2, -0.15) is 0 Å². The van der Waals surface area contributed by atoms with Gasteiger partial charge in [0.1, 0.15) is 5.69 Å². The fourth-order valence-corrected chi connectivity index (χ4v) is 5.93. The highest BCUT2D eigenvalue weighted by molar-refractivity contribution is 6.77. The maximum absolute atomic E-state index is 13.9. The minimum absolute atomic E-state index is 0.181. The summed E-state index contributed by atoms with van der Waals surface area (Å²) < 4.78 is 13.9. The van der Waals surface area contributed by atoms with Crippen molar-refractivity contribution in [2.75, 3.05) is 0 Å². The average Bonchev–Trinajstić information content (AvgIpc) is 2.86. The summed E-state index contributed by atoms with van der Waals surface area (Å²) in [4.78, 5) is 19.1. The summed E-state index contributed by atoms with van der Waals surface area (Å²) in [6.07, 6.45) is 4.67. The topological polar surface area (TPSA) is 57.8 Å². The Labute approximate surface area is 140 Å². The van der Waals surface area contributed by atoms with Crippen molar-refractivity contribution in [3.63, 3.8) is 0 Å². The second-order valence-corrected chi connectivity index (χ2v) is 12.8. The zero-order chi connectivity index (χ0) is 16.6. The molecule has 0 radical (unpaired) electrons. The number of hydrogen-bond donors (Lipinski definition) is 2. The molecule has 0 saturated carbocycles. The highest BCUT2D eigenvalue weighted by Crippen LogP contribution is 2.28. The van der Waals surface area contributed by atoms with Crippen molar-refractivity contribution in [3.8, 4) is 0 Å². The number of aromatic amines is 1. The molecule has 7 heteroatoms. The molecule has 1 amide bonds. The van der Waals surface area contributed by atoms with Gasteiger partial charge in [0.15, 0.2) is 11.0 Å². The molecule has 23 heavy (non-hydrogen) atoms. The van der Waals surface area contributed by atoms with Gasteiger partial charge in [0.05, 0.1) is 11.7 Å². The number of halogens is 2. The molecule has 2 N–H and O–H groups in total. The number of pyridine rings is 1. The van der Waals surface area contributed by atoms with Crippen LogP contribution in [0.15, 0.2) is 12.3 Å². The van der Waals surface area contributed by atoms with Gasteiger partial charge in [-0.25, -0.2) is 9.37 Å². The standard InChI is InChI=1S/C16H21ClFN3OSi/c1-23(2)6-3-4-10(5-7-23)20-16(22)12-8-11-13(21-12)9-19-15(17)14(11)18/h8-10,21H,3-7H2,1-2H3,(H,20,22). The van der Waals surface area contributed by atoms with Crippen LogP contribution in [0.5, 0.6) is 0 Å². The molecule has 0 bridgehead atoms. The van der Waals surface area contributed by atoms with E-state index in [0.29, 0.717) is 16.6 Å². The van der Waals surface area contributed by atoms with Crippen molar-refractivity contribution in [2.24, 2.45) is 0 Å². The van der Waals surface area contributed by atoms with Gasteiger partial charge in [-0.1, -0.05) is 43.2 Å². The molecule has 4 nitrogen and oxygen atoms in total. The maximum Gasteiger partial charge on any atom is 0.267 e.